The van der Waals surface area contributed by atoms with Gasteiger partial charge in [-0.25, -0.2) is 0 Å². The predicted molar refractivity (Wildman–Crippen MR) is 90.2 cm³/mol. The highest BCUT2D eigenvalue weighted by Crippen LogP contribution is 2.22. The number of nitrogens with one attached hydrogen (secondary N) is 2. The van der Waals surface area contributed by atoms with Gasteiger partial charge in [-0.3, -0.25) is 20.4 Å². The molecule has 0 unspecified atom stereocenters. The van der Waals surface area contributed by atoms with Crippen LogP contribution in [0.25, 0.3) is 0 Å². The summed E-state index contributed by atoms with van der Waals surface area (Å²) in [6.07, 6.45) is 0. The lowest BCUT2D eigenvalue weighted by molar-refractivity contribution is -0.123. The lowest BCUT2D eigenvalue weighted by Crippen LogP contribution is -2.43. The van der Waals surface area contributed by atoms with Gasteiger partial charge in [-0.05, 0) is 43.3 Å². The number of carbonyl (C=O) groups excluding carboxylic acids is 2. The van der Waals surface area contributed by atoms with Crippen LogP contribution in [-0.4, -0.2) is 25.0 Å². The molecule has 0 saturated heterocycles. The minimum atomic E-state index is -0.505. The molecule has 2 aromatic rings. The molecule has 2 rings (SSSR count). The second-order valence-electron chi connectivity index (χ2n) is 4.68. The molecule has 2 aromatic carbocycles. The second kappa shape index (κ2) is 8.79. The fourth-order valence-electron chi connectivity index (χ4n) is 1.81. The van der Waals surface area contributed by atoms with E-state index in [4.69, 9.17) is 21.1 Å². The van der Waals surface area contributed by atoms with E-state index in [2.05, 4.69) is 10.9 Å². The van der Waals surface area contributed by atoms with Crippen LogP contribution in [0.2, 0.25) is 5.02 Å². The van der Waals surface area contributed by atoms with Crippen LogP contribution in [-0.2, 0) is 4.79 Å². The quantitative estimate of drug-likeness (QED) is 0.787. The Bertz CT molecular complexity index is 704. The number of rotatable bonds is 6. The van der Waals surface area contributed by atoms with Crippen molar-refractivity contribution in [3.8, 4) is 11.5 Å². The van der Waals surface area contributed by atoms with Crippen molar-refractivity contribution < 1.29 is 19.1 Å². The van der Waals surface area contributed by atoms with E-state index in [1.165, 1.54) is 0 Å². The van der Waals surface area contributed by atoms with Crippen molar-refractivity contribution >= 4 is 23.4 Å². The zero-order valence-corrected chi connectivity index (χ0v) is 13.8. The third-order valence-corrected chi connectivity index (χ3v) is 3.25. The summed E-state index contributed by atoms with van der Waals surface area (Å²) in [4.78, 5) is 23.6. The molecule has 0 heterocycles. The van der Waals surface area contributed by atoms with E-state index in [1.54, 1.807) is 48.5 Å². The van der Waals surface area contributed by atoms with Gasteiger partial charge in [0.25, 0.3) is 11.8 Å². The summed E-state index contributed by atoms with van der Waals surface area (Å²) < 4.78 is 10.6. The minimum absolute atomic E-state index is 0.271. The van der Waals surface area contributed by atoms with Crippen molar-refractivity contribution in [1.82, 2.24) is 10.9 Å². The topological polar surface area (TPSA) is 76.7 Å². The van der Waals surface area contributed by atoms with Gasteiger partial charge in [0.05, 0.1) is 11.6 Å². The van der Waals surface area contributed by atoms with Gasteiger partial charge in [0.1, 0.15) is 11.5 Å². The molecule has 0 radical (unpaired) electrons. The van der Waals surface area contributed by atoms with E-state index in [9.17, 15) is 9.59 Å². The maximum absolute atomic E-state index is 11.9. The van der Waals surface area contributed by atoms with Gasteiger partial charge in [0, 0.05) is 5.56 Å². The molecule has 0 bridgehead atoms. The van der Waals surface area contributed by atoms with Crippen LogP contribution in [0.1, 0.15) is 17.3 Å². The minimum Gasteiger partial charge on any atom is -0.494 e. The molecule has 2 amide bonds. The fraction of sp³-hybridized carbons (Fsp3) is 0.176. The number of hydrogen-bond donors (Lipinski definition) is 2. The highest BCUT2D eigenvalue weighted by Gasteiger charge is 2.09. The first-order chi connectivity index (χ1) is 11.6. The van der Waals surface area contributed by atoms with Gasteiger partial charge in [-0.15, -0.1) is 0 Å². The van der Waals surface area contributed by atoms with E-state index in [0.29, 0.717) is 28.7 Å². The Labute approximate surface area is 144 Å². The average molecular weight is 349 g/mol. The van der Waals surface area contributed by atoms with Crippen LogP contribution in [0.3, 0.4) is 0 Å². The maximum Gasteiger partial charge on any atom is 0.276 e. The smallest absolute Gasteiger partial charge is 0.276 e. The van der Waals surface area contributed by atoms with E-state index < -0.39 is 11.8 Å². The molecule has 6 nitrogen and oxygen atoms in total. The molecule has 0 aromatic heterocycles. The number of amides is 2. The first kappa shape index (κ1) is 17.6. The van der Waals surface area contributed by atoms with Gasteiger partial charge in [0.2, 0.25) is 0 Å². The van der Waals surface area contributed by atoms with Gasteiger partial charge >= 0.3 is 0 Å². The molecule has 0 fully saturated rings. The van der Waals surface area contributed by atoms with Gasteiger partial charge < -0.3 is 9.47 Å². The van der Waals surface area contributed by atoms with E-state index in [-0.39, 0.29) is 6.61 Å². The van der Waals surface area contributed by atoms with Crippen LogP contribution in [0.5, 0.6) is 11.5 Å². The largest absolute Gasteiger partial charge is 0.494 e. The van der Waals surface area contributed by atoms with Gasteiger partial charge in [-0.1, -0.05) is 23.7 Å². The predicted octanol–water partition coefficient (Wildman–Crippen LogP) is 2.58. The van der Waals surface area contributed by atoms with Gasteiger partial charge in [0.15, 0.2) is 6.61 Å². The molecule has 7 heteroatoms. The second-order valence-corrected chi connectivity index (χ2v) is 5.09. The van der Waals surface area contributed by atoms with E-state index in [1.807, 2.05) is 6.92 Å². The summed E-state index contributed by atoms with van der Waals surface area (Å²) in [5.74, 6) is 0.122. The summed E-state index contributed by atoms with van der Waals surface area (Å²) in [5.41, 5.74) is 4.98. The van der Waals surface area contributed by atoms with Crippen molar-refractivity contribution in [2.45, 2.75) is 6.92 Å². The third kappa shape index (κ3) is 5.17. The Kier molecular flexibility index (Phi) is 6.45. The van der Waals surface area contributed by atoms with Crippen LogP contribution in [0.15, 0.2) is 48.5 Å². The summed E-state index contributed by atoms with van der Waals surface area (Å²) in [7, 11) is 0. The summed E-state index contributed by atoms with van der Waals surface area (Å²) in [6.45, 7) is 2.15. The molecule has 0 saturated carbocycles. The summed E-state index contributed by atoms with van der Waals surface area (Å²) >= 11 is 5.91. The SMILES string of the molecule is CCOc1ccc(C(=O)NNC(=O)COc2ccccc2Cl)cc1. The Hall–Kier alpha value is -2.73. The standard InChI is InChI=1S/C17H17ClN2O4/c1-2-23-13-9-7-12(8-10-13)17(22)20-19-16(21)11-24-15-6-4-3-5-14(15)18/h3-10H,2,11H2,1H3,(H,19,21)(H,20,22). The van der Waals surface area contributed by atoms with Crippen molar-refractivity contribution in [1.29, 1.82) is 0 Å². The molecule has 0 aliphatic carbocycles. The molecule has 24 heavy (non-hydrogen) atoms. The number of ether oxygens (including phenoxy) is 2. The molecular weight excluding hydrogens is 332 g/mol. The van der Waals surface area contributed by atoms with E-state index >= 15 is 0 Å². The summed E-state index contributed by atoms with van der Waals surface area (Å²) in [5, 5.41) is 0.406. The molecule has 0 atom stereocenters. The Morgan fingerprint density at radius 2 is 1.71 bits per heavy atom. The van der Waals surface area contributed by atoms with Crippen LogP contribution >= 0.6 is 11.6 Å². The normalized spacial score (nSPS) is 9.92. The lowest BCUT2D eigenvalue weighted by atomic mass is 10.2. The van der Waals surface area contributed by atoms with Crippen molar-refractivity contribution in [2.75, 3.05) is 13.2 Å². The molecule has 0 aliphatic heterocycles. The first-order valence-electron chi connectivity index (χ1n) is 7.29. The number of para-hydroxylation sites is 1. The van der Waals surface area contributed by atoms with E-state index in [0.717, 1.165) is 0 Å². The van der Waals surface area contributed by atoms with Crippen LogP contribution < -0.4 is 20.3 Å². The number of benzene rings is 2. The van der Waals surface area contributed by atoms with Crippen molar-refractivity contribution in [3.05, 3.63) is 59.1 Å². The highest BCUT2D eigenvalue weighted by molar-refractivity contribution is 6.32. The Balaban J connectivity index is 1.78. The molecular formula is C17H17ClN2O4. The lowest BCUT2D eigenvalue weighted by Gasteiger charge is -2.10. The van der Waals surface area contributed by atoms with Crippen molar-refractivity contribution in [3.63, 3.8) is 0 Å². The van der Waals surface area contributed by atoms with Crippen molar-refractivity contribution in [2.24, 2.45) is 0 Å². The molecule has 2 N–H and O–H groups in total. The molecule has 0 spiro atoms. The number of hydrazine groups is 1. The average Bonchev–Trinajstić information content (AvgIpc) is 2.60. The Morgan fingerprint density at radius 1 is 1.00 bits per heavy atom. The van der Waals surface area contributed by atoms with Gasteiger partial charge in [-0.2, -0.15) is 0 Å². The fourth-order valence-corrected chi connectivity index (χ4v) is 2.00. The number of halogens is 1. The Morgan fingerprint density at radius 3 is 2.38 bits per heavy atom. The third-order valence-electron chi connectivity index (χ3n) is 2.94. The zero-order valence-electron chi connectivity index (χ0n) is 13.0. The zero-order chi connectivity index (χ0) is 17.4. The number of carbonyl (C=O) groups is 2. The highest BCUT2D eigenvalue weighted by atomic mass is 35.5. The first-order valence-corrected chi connectivity index (χ1v) is 7.67. The molecule has 0 aliphatic rings. The molecule has 126 valence electrons. The summed E-state index contributed by atoms with van der Waals surface area (Å²) in [6, 6.07) is 13.4. The van der Waals surface area contributed by atoms with Crippen LogP contribution in [0.4, 0.5) is 0 Å². The maximum atomic E-state index is 11.9. The number of hydrogen-bond acceptors (Lipinski definition) is 4. The van der Waals surface area contributed by atoms with Crippen LogP contribution in [0, 0.1) is 0 Å². The monoisotopic (exact) mass is 348 g/mol.